The fraction of sp³-hybridized carbons (Fsp3) is 0.619. The number of nitrogens with one attached hydrogen (secondary N) is 1. The van der Waals surface area contributed by atoms with E-state index in [-0.39, 0.29) is 11.5 Å². The fourth-order valence-corrected chi connectivity index (χ4v) is 3.37. The molecular formula is C21H31NO5. The second-order valence-electron chi connectivity index (χ2n) is 7.11. The van der Waals surface area contributed by atoms with Crippen molar-refractivity contribution in [2.75, 3.05) is 25.6 Å². The van der Waals surface area contributed by atoms with Crippen LogP contribution in [0.25, 0.3) is 0 Å². The SMILES string of the molecule is CCCOC1(C(=O)Nc2ccc(OCC)c(C(=O)OC)c2)CCC(C)CC1. The van der Waals surface area contributed by atoms with Gasteiger partial charge >= 0.3 is 5.97 Å². The predicted octanol–water partition coefficient (Wildman–Crippen LogP) is 4.19. The maximum atomic E-state index is 13.1. The molecule has 1 saturated carbocycles. The van der Waals surface area contributed by atoms with Crippen molar-refractivity contribution >= 4 is 17.6 Å². The maximum Gasteiger partial charge on any atom is 0.341 e. The first kappa shape index (κ1) is 21.2. The largest absolute Gasteiger partial charge is 0.493 e. The zero-order chi connectivity index (χ0) is 19.9. The van der Waals surface area contributed by atoms with E-state index in [1.807, 2.05) is 13.8 Å². The van der Waals surface area contributed by atoms with Crippen LogP contribution < -0.4 is 10.1 Å². The summed E-state index contributed by atoms with van der Waals surface area (Å²) in [6, 6.07) is 5.00. The van der Waals surface area contributed by atoms with E-state index in [0.29, 0.717) is 43.4 Å². The molecule has 1 amide bonds. The Morgan fingerprint density at radius 3 is 2.52 bits per heavy atom. The molecule has 2 rings (SSSR count). The molecule has 1 aliphatic carbocycles. The number of benzene rings is 1. The van der Waals surface area contributed by atoms with Gasteiger partial charge in [0.1, 0.15) is 16.9 Å². The summed E-state index contributed by atoms with van der Waals surface area (Å²) in [6.45, 7) is 7.07. The summed E-state index contributed by atoms with van der Waals surface area (Å²) in [6.07, 6.45) is 4.21. The van der Waals surface area contributed by atoms with Crippen molar-refractivity contribution in [3.63, 3.8) is 0 Å². The van der Waals surface area contributed by atoms with Crippen molar-refractivity contribution in [2.24, 2.45) is 5.92 Å². The van der Waals surface area contributed by atoms with Crippen molar-refractivity contribution in [1.82, 2.24) is 0 Å². The molecule has 150 valence electrons. The molecule has 0 heterocycles. The molecule has 0 spiro atoms. The van der Waals surface area contributed by atoms with Crippen molar-refractivity contribution in [1.29, 1.82) is 0 Å². The van der Waals surface area contributed by atoms with Crippen molar-refractivity contribution in [3.8, 4) is 5.75 Å². The lowest BCUT2D eigenvalue weighted by Crippen LogP contribution is -2.48. The number of carbonyl (C=O) groups excluding carboxylic acids is 2. The number of rotatable bonds is 8. The molecule has 0 aliphatic heterocycles. The fourth-order valence-electron chi connectivity index (χ4n) is 3.37. The van der Waals surface area contributed by atoms with Crippen LogP contribution in [-0.4, -0.2) is 37.8 Å². The molecule has 0 saturated heterocycles. The second-order valence-corrected chi connectivity index (χ2v) is 7.11. The summed E-state index contributed by atoms with van der Waals surface area (Å²) >= 11 is 0. The average molecular weight is 377 g/mol. The Morgan fingerprint density at radius 2 is 1.93 bits per heavy atom. The third kappa shape index (κ3) is 5.22. The van der Waals surface area contributed by atoms with Crippen LogP contribution in [0.4, 0.5) is 5.69 Å². The molecule has 0 bridgehead atoms. The summed E-state index contributed by atoms with van der Waals surface area (Å²) in [5.41, 5.74) is 0.0203. The molecule has 6 heteroatoms. The van der Waals surface area contributed by atoms with Crippen LogP contribution in [0.5, 0.6) is 5.75 Å². The molecule has 1 fully saturated rings. The second kappa shape index (κ2) is 9.74. The van der Waals surface area contributed by atoms with Gasteiger partial charge in [-0.05, 0) is 63.1 Å². The molecule has 1 aromatic rings. The van der Waals surface area contributed by atoms with E-state index in [2.05, 4.69) is 12.2 Å². The molecule has 27 heavy (non-hydrogen) atoms. The molecule has 1 aromatic carbocycles. The van der Waals surface area contributed by atoms with E-state index in [0.717, 1.165) is 19.3 Å². The summed E-state index contributed by atoms with van der Waals surface area (Å²) in [7, 11) is 1.32. The lowest BCUT2D eigenvalue weighted by molar-refractivity contribution is -0.147. The standard InChI is InChI=1S/C21H31NO5/c1-5-13-27-21(11-9-15(3)10-12-21)20(24)22-16-7-8-18(26-6-2)17(14-16)19(23)25-4/h7-8,14-15H,5-6,9-13H2,1-4H3,(H,22,24). The maximum absolute atomic E-state index is 13.1. The molecule has 1 N–H and O–H groups in total. The Balaban J connectivity index is 2.22. The van der Waals surface area contributed by atoms with Crippen LogP contribution in [0.1, 0.15) is 63.2 Å². The van der Waals surface area contributed by atoms with E-state index >= 15 is 0 Å². The van der Waals surface area contributed by atoms with Crippen LogP contribution in [0.2, 0.25) is 0 Å². The van der Waals surface area contributed by atoms with E-state index in [1.165, 1.54) is 7.11 Å². The molecule has 0 unspecified atom stereocenters. The van der Waals surface area contributed by atoms with E-state index < -0.39 is 11.6 Å². The normalized spacial score (nSPS) is 22.1. The van der Waals surface area contributed by atoms with Crippen LogP contribution >= 0.6 is 0 Å². The summed E-state index contributed by atoms with van der Waals surface area (Å²) in [5, 5.41) is 2.94. The highest BCUT2D eigenvalue weighted by molar-refractivity contribution is 5.99. The minimum absolute atomic E-state index is 0.150. The van der Waals surface area contributed by atoms with Crippen molar-refractivity contribution in [2.45, 2.75) is 58.5 Å². The molecule has 1 aliphatic rings. The number of methoxy groups -OCH3 is 1. The highest BCUT2D eigenvalue weighted by Crippen LogP contribution is 2.36. The number of hydrogen-bond donors (Lipinski definition) is 1. The van der Waals surface area contributed by atoms with Gasteiger partial charge in [-0.3, -0.25) is 4.79 Å². The monoisotopic (exact) mass is 377 g/mol. The van der Waals surface area contributed by atoms with Gasteiger partial charge in [0, 0.05) is 12.3 Å². The summed E-state index contributed by atoms with van der Waals surface area (Å²) in [5.74, 6) is 0.388. The van der Waals surface area contributed by atoms with Gasteiger partial charge in [-0.1, -0.05) is 13.8 Å². The van der Waals surface area contributed by atoms with Gasteiger partial charge in [-0.25, -0.2) is 4.79 Å². The van der Waals surface area contributed by atoms with Crippen LogP contribution in [-0.2, 0) is 14.3 Å². The molecule has 6 nitrogen and oxygen atoms in total. The number of amides is 1. The minimum atomic E-state index is -0.799. The van der Waals surface area contributed by atoms with Gasteiger partial charge in [0.05, 0.1) is 13.7 Å². The topological polar surface area (TPSA) is 73.9 Å². The van der Waals surface area contributed by atoms with E-state index in [1.54, 1.807) is 18.2 Å². The minimum Gasteiger partial charge on any atom is -0.493 e. The van der Waals surface area contributed by atoms with Crippen LogP contribution in [0.15, 0.2) is 18.2 Å². The van der Waals surface area contributed by atoms with Gasteiger partial charge in [0.15, 0.2) is 0 Å². The lowest BCUT2D eigenvalue weighted by atomic mass is 9.78. The Labute approximate surface area is 161 Å². The molecule has 0 aromatic heterocycles. The Morgan fingerprint density at radius 1 is 1.22 bits per heavy atom. The third-order valence-corrected chi connectivity index (χ3v) is 5.02. The average Bonchev–Trinajstić information content (AvgIpc) is 2.68. The highest BCUT2D eigenvalue weighted by Gasteiger charge is 2.42. The number of carbonyl (C=O) groups is 2. The van der Waals surface area contributed by atoms with Crippen molar-refractivity contribution < 1.29 is 23.8 Å². The lowest BCUT2D eigenvalue weighted by Gasteiger charge is -2.38. The molecular weight excluding hydrogens is 346 g/mol. The highest BCUT2D eigenvalue weighted by atomic mass is 16.5. The number of ether oxygens (including phenoxy) is 3. The molecule has 0 radical (unpaired) electrons. The quantitative estimate of drug-likeness (QED) is 0.688. The first-order valence-corrected chi connectivity index (χ1v) is 9.76. The van der Waals surface area contributed by atoms with Crippen LogP contribution in [0, 0.1) is 5.92 Å². The van der Waals surface area contributed by atoms with Gasteiger partial charge in [-0.2, -0.15) is 0 Å². The first-order chi connectivity index (χ1) is 13.0. The zero-order valence-electron chi connectivity index (χ0n) is 16.8. The van der Waals surface area contributed by atoms with Crippen LogP contribution in [0.3, 0.4) is 0 Å². The Bertz CT molecular complexity index is 644. The molecule has 0 atom stereocenters. The Kier molecular flexibility index (Phi) is 7.66. The number of anilines is 1. The third-order valence-electron chi connectivity index (χ3n) is 5.02. The van der Waals surface area contributed by atoms with E-state index in [9.17, 15) is 9.59 Å². The number of esters is 1. The van der Waals surface area contributed by atoms with Gasteiger partial charge in [0.25, 0.3) is 5.91 Å². The first-order valence-electron chi connectivity index (χ1n) is 9.76. The van der Waals surface area contributed by atoms with Gasteiger partial charge in [0.2, 0.25) is 0 Å². The summed E-state index contributed by atoms with van der Waals surface area (Å²) < 4.78 is 16.3. The van der Waals surface area contributed by atoms with Crippen molar-refractivity contribution in [3.05, 3.63) is 23.8 Å². The zero-order valence-corrected chi connectivity index (χ0v) is 16.8. The predicted molar refractivity (Wildman–Crippen MR) is 104 cm³/mol. The van der Waals surface area contributed by atoms with Gasteiger partial charge in [-0.15, -0.1) is 0 Å². The summed E-state index contributed by atoms with van der Waals surface area (Å²) in [4.78, 5) is 25.1. The van der Waals surface area contributed by atoms with Gasteiger partial charge < -0.3 is 19.5 Å². The Hall–Kier alpha value is -2.08. The van der Waals surface area contributed by atoms with E-state index in [4.69, 9.17) is 14.2 Å². The smallest absolute Gasteiger partial charge is 0.341 e. The number of hydrogen-bond acceptors (Lipinski definition) is 5.